The molecule has 0 aliphatic rings. The first-order valence-corrected chi connectivity index (χ1v) is 6.98. The fraction of sp³-hybridized carbons (Fsp3) is 0.214. The van der Waals surface area contributed by atoms with E-state index in [1.165, 1.54) is 4.68 Å². The summed E-state index contributed by atoms with van der Waals surface area (Å²) in [4.78, 5) is 13.8. The number of carbonyl (C=O) groups is 1. The number of nitrogens with zero attached hydrogens (tertiary/aromatic N) is 7. The molecule has 0 atom stereocenters. The molecular weight excluding hydrogens is 296 g/mol. The van der Waals surface area contributed by atoms with Crippen molar-refractivity contribution >= 4 is 11.9 Å². The van der Waals surface area contributed by atoms with Crippen LogP contribution in [0.4, 0.5) is 5.95 Å². The van der Waals surface area contributed by atoms with Crippen molar-refractivity contribution in [1.82, 2.24) is 34.9 Å². The van der Waals surface area contributed by atoms with Crippen LogP contribution in [0.5, 0.6) is 0 Å². The number of hydrogen-bond acceptors (Lipinski definition) is 6. The first-order valence-electron chi connectivity index (χ1n) is 6.98. The number of tetrazole rings is 1. The smallest absolute Gasteiger partial charge is 0.244 e. The van der Waals surface area contributed by atoms with Crippen molar-refractivity contribution in [2.45, 2.75) is 13.1 Å². The average molecular weight is 312 g/mol. The minimum atomic E-state index is -0.125. The summed E-state index contributed by atoms with van der Waals surface area (Å²) in [5.41, 5.74) is 7.53. The molecule has 0 fully saturated rings. The molecule has 23 heavy (non-hydrogen) atoms. The molecule has 118 valence electrons. The first kappa shape index (κ1) is 14.7. The highest BCUT2D eigenvalue weighted by Crippen LogP contribution is 2.10. The van der Waals surface area contributed by atoms with Gasteiger partial charge in [0.25, 0.3) is 0 Å². The van der Waals surface area contributed by atoms with Crippen molar-refractivity contribution < 1.29 is 4.79 Å². The van der Waals surface area contributed by atoms with Crippen LogP contribution in [-0.4, -0.2) is 47.8 Å². The highest BCUT2D eigenvalue weighted by Gasteiger charge is 2.13. The quantitative estimate of drug-likeness (QED) is 0.716. The van der Waals surface area contributed by atoms with E-state index in [0.717, 1.165) is 11.3 Å². The van der Waals surface area contributed by atoms with Gasteiger partial charge in [-0.2, -0.15) is 5.10 Å². The maximum absolute atomic E-state index is 12.2. The Kier molecular flexibility index (Phi) is 4.00. The molecule has 0 unspecified atom stereocenters. The van der Waals surface area contributed by atoms with E-state index < -0.39 is 0 Å². The lowest BCUT2D eigenvalue weighted by molar-refractivity contribution is -0.131. The lowest BCUT2D eigenvalue weighted by atomic mass is 10.2. The van der Waals surface area contributed by atoms with E-state index in [0.29, 0.717) is 6.54 Å². The number of likely N-dealkylation sites (N-methyl/N-ethyl adjacent to an activating group) is 1. The van der Waals surface area contributed by atoms with E-state index in [-0.39, 0.29) is 18.4 Å². The van der Waals surface area contributed by atoms with E-state index in [2.05, 4.69) is 20.6 Å². The Balaban J connectivity index is 1.62. The molecule has 0 radical (unpaired) electrons. The molecule has 2 aromatic heterocycles. The van der Waals surface area contributed by atoms with E-state index >= 15 is 0 Å². The Morgan fingerprint density at radius 2 is 2.09 bits per heavy atom. The van der Waals surface area contributed by atoms with Crippen LogP contribution in [0.1, 0.15) is 5.56 Å². The topological polar surface area (TPSA) is 108 Å². The molecule has 0 aliphatic heterocycles. The number of nitrogens with two attached hydrogens (primary N) is 1. The normalized spacial score (nSPS) is 10.7. The van der Waals surface area contributed by atoms with Crippen LogP contribution in [0.2, 0.25) is 0 Å². The van der Waals surface area contributed by atoms with Crippen molar-refractivity contribution in [2.24, 2.45) is 0 Å². The van der Waals surface area contributed by atoms with Gasteiger partial charge in [0, 0.05) is 26.0 Å². The Labute approximate surface area is 132 Å². The zero-order valence-electron chi connectivity index (χ0n) is 12.6. The maximum Gasteiger partial charge on any atom is 0.244 e. The number of nitrogen functional groups attached to an aromatic ring is 1. The molecule has 1 aromatic carbocycles. The average Bonchev–Trinajstić information content (AvgIpc) is 3.21. The number of benzene rings is 1. The highest BCUT2D eigenvalue weighted by atomic mass is 16.2. The van der Waals surface area contributed by atoms with Crippen LogP contribution >= 0.6 is 0 Å². The zero-order valence-corrected chi connectivity index (χ0v) is 12.6. The van der Waals surface area contributed by atoms with E-state index in [4.69, 9.17) is 5.73 Å². The van der Waals surface area contributed by atoms with Crippen molar-refractivity contribution in [1.29, 1.82) is 0 Å². The maximum atomic E-state index is 12.2. The molecule has 1 amide bonds. The standard InChI is InChI=1S/C14H16N8O/c1-20(13(23)10-22-14(15)17-18-19-22)9-11-3-5-12(6-4-11)21-8-2-7-16-21/h2-8H,9-10H2,1H3,(H2,15,17,19). The van der Waals surface area contributed by atoms with Gasteiger partial charge in [-0.15, -0.1) is 0 Å². The fourth-order valence-electron chi connectivity index (χ4n) is 2.11. The number of carbonyl (C=O) groups excluding carboxylic acids is 1. The third kappa shape index (κ3) is 3.34. The van der Waals surface area contributed by atoms with E-state index in [1.54, 1.807) is 22.8 Å². The third-order valence-electron chi connectivity index (χ3n) is 3.40. The highest BCUT2D eigenvalue weighted by molar-refractivity contribution is 5.75. The monoisotopic (exact) mass is 312 g/mol. The Morgan fingerprint density at radius 3 is 2.70 bits per heavy atom. The van der Waals surface area contributed by atoms with Crippen molar-refractivity contribution in [2.75, 3.05) is 12.8 Å². The summed E-state index contributed by atoms with van der Waals surface area (Å²) in [6, 6.07) is 9.71. The molecule has 2 N–H and O–H groups in total. The summed E-state index contributed by atoms with van der Waals surface area (Å²) in [6.45, 7) is 0.501. The van der Waals surface area contributed by atoms with Gasteiger partial charge in [-0.05, 0) is 34.2 Å². The summed E-state index contributed by atoms with van der Waals surface area (Å²) < 4.78 is 3.04. The lowest BCUT2D eigenvalue weighted by Gasteiger charge is -2.17. The number of amides is 1. The van der Waals surface area contributed by atoms with Crippen molar-refractivity contribution in [3.63, 3.8) is 0 Å². The lowest BCUT2D eigenvalue weighted by Crippen LogP contribution is -2.30. The van der Waals surface area contributed by atoms with Gasteiger partial charge in [-0.25, -0.2) is 9.36 Å². The van der Waals surface area contributed by atoms with Crippen LogP contribution < -0.4 is 5.73 Å². The minimum absolute atomic E-state index is 0.0146. The van der Waals surface area contributed by atoms with Gasteiger partial charge >= 0.3 is 0 Å². The van der Waals surface area contributed by atoms with E-state index in [1.807, 2.05) is 36.5 Å². The molecular formula is C14H16N8O. The minimum Gasteiger partial charge on any atom is -0.367 e. The third-order valence-corrected chi connectivity index (χ3v) is 3.40. The molecule has 0 saturated carbocycles. The summed E-state index contributed by atoms with van der Waals surface area (Å²) in [5, 5.41) is 14.8. The molecule has 0 aliphatic carbocycles. The predicted molar refractivity (Wildman–Crippen MR) is 82.3 cm³/mol. The van der Waals surface area contributed by atoms with Gasteiger partial charge in [0.05, 0.1) is 5.69 Å². The Morgan fingerprint density at radius 1 is 1.30 bits per heavy atom. The molecule has 0 bridgehead atoms. The fourth-order valence-corrected chi connectivity index (χ4v) is 2.11. The largest absolute Gasteiger partial charge is 0.367 e. The van der Waals surface area contributed by atoms with Gasteiger partial charge in [0.15, 0.2) is 0 Å². The number of rotatable bonds is 5. The van der Waals surface area contributed by atoms with Gasteiger partial charge in [0.1, 0.15) is 6.54 Å². The Bertz CT molecular complexity index is 777. The van der Waals surface area contributed by atoms with Crippen molar-refractivity contribution in [3.05, 3.63) is 48.3 Å². The van der Waals surface area contributed by atoms with Crippen LogP contribution in [0, 0.1) is 0 Å². The van der Waals surface area contributed by atoms with Crippen LogP contribution in [-0.2, 0) is 17.9 Å². The number of hydrogen-bond donors (Lipinski definition) is 1. The Hall–Kier alpha value is -3.23. The van der Waals surface area contributed by atoms with Gasteiger partial charge in [-0.1, -0.05) is 17.2 Å². The molecule has 9 heteroatoms. The van der Waals surface area contributed by atoms with Gasteiger partial charge in [-0.3, -0.25) is 4.79 Å². The molecule has 0 spiro atoms. The number of anilines is 1. The summed E-state index contributed by atoms with van der Waals surface area (Å²) >= 11 is 0. The zero-order chi connectivity index (χ0) is 16.2. The van der Waals surface area contributed by atoms with Crippen LogP contribution in [0.15, 0.2) is 42.7 Å². The number of aromatic nitrogens is 6. The summed E-state index contributed by atoms with van der Waals surface area (Å²) in [5.74, 6) is -0.00419. The van der Waals surface area contributed by atoms with Crippen molar-refractivity contribution in [3.8, 4) is 5.69 Å². The molecule has 0 saturated heterocycles. The molecule has 2 heterocycles. The molecule has 3 rings (SSSR count). The van der Waals surface area contributed by atoms with Crippen LogP contribution in [0.3, 0.4) is 0 Å². The van der Waals surface area contributed by atoms with Gasteiger partial charge in [0.2, 0.25) is 11.9 Å². The molecule has 9 nitrogen and oxygen atoms in total. The summed E-state index contributed by atoms with van der Waals surface area (Å²) in [7, 11) is 1.73. The molecule has 3 aromatic rings. The second kappa shape index (κ2) is 6.26. The first-order chi connectivity index (χ1) is 11.1. The summed E-state index contributed by atoms with van der Waals surface area (Å²) in [6.07, 6.45) is 3.60. The second-order valence-corrected chi connectivity index (χ2v) is 5.06. The van der Waals surface area contributed by atoms with Gasteiger partial charge < -0.3 is 10.6 Å². The van der Waals surface area contributed by atoms with Crippen LogP contribution in [0.25, 0.3) is 5.69 Å². The SMILES string of the molecule is CN(Cc1ccc(-n2cccn2)cc1)C(=O)Cn1nnnc1N. The second-order valence-electron chi connectivity index (χ2n) is 5.06. The predicted octanol–water partition coefficient (Wildman–Crippen LogP) is 0.0996. The van der Waals surface area contributed by atoms with E-state index in [9.17, 15) is 4.79 Å².